The predicted octanol–water partition coefficient (Wildman–Crippen LogP) is 2.85. The van der Waals surface area contributed by atoms with E-state index < -0.39 is 0 Å². The molecular weight excluding hydrogens is 264 g/mol. The average molecular weight is 288 g/mol. The molecule has 2 atom stereocenters. The minimum atomic E-state index is -0.0355. The maximum absolute atomic E-state index is 12.4. The monoisotopic (exact) mass is 288 g/mol. The molecule has 0 aromatic heterocycles. The minimum Gasteiger partial charge on any atom is -0.494 e. The van der Waals surface area contributed by atoms with Gasteiger partial charge < -0.3 is 9.64 Å². The second-order valence-corrected chi connectivity index (χ2v) is 5.92. The molecule has 1 saturated carbocycles. The molecule has 0 radical (unpaired) electrons. The molecule has 1 heterocycles. The van der Waals surface area contributed by atoms with Crippen LogP contribution in [-0.4, -0.2) is 29.5 Å². The molecule has 2 unspecified atom stereocenters. The molecule has 1 aromatic rings. The van der Waals surface area contributed by atoms with Gasteiger partial charge in [-0.1, -0.05) is 26.0 Å². The smallest absolute Gasteiger partial charge is 0.241 e. The third-order valence-corrected chi connectivity index (χ3v) is 4.21. The molecule has 2 aliphatic rings. The molecule has 21 heavy (non-hydrogen) atoms. The van der Waals surface area contributed by atoms with Crippen LogP contribution in [0.4, 0.5) is 0 Å². The van der Waals surface area contributed by atoms with Crippen LogP contribution in [0.15, 0.2) is 24.3 Å². The Bertz CT molecular complexity index is 496. The van der Waals surface area contributed by atoms with Gasteiger partial charge in [0.05, 0.1) is 12.6 Å². The van der Waals surface area contributed by atoms with E-state index in [1.807, 2.05) is 12.1 Å². The lowest BCUT2D eigenvalue weighted by Gasteiger charge is -2.24. The third-order valence-electron chi connectivity index (χ3n) is 4.21. The van der Waals surface area contributed by atoms with Crippen LogP contribution in [0, 0.1) is 0 Å². The fourth-order valence-corrected chi connectivity index (χ4v) is 2.91. The summed E-state index contributed by atoms with van der Waals surface area (Å²) in [6.07, 6.45) is 4.15. The Hall–Kier alpha value is -1.55. The number of carbonyl (C=O) groups is 1. The summed E-state index contributed by atoms with van der Waals surface area (Å²) < 4.78 is 5.62. The highest BCUT2D eigenvalue weighted by atomic mass is 16.5. The summed E-state index contributed by atoms with van der Waals surface area (Å²) in [5.41, 5.74) is 1.15. The van der Waals surface area contributed by atoms with Crippen molar-refractivity contribution in [3.63, 3.8) is 0 Å². The predicted molar refractivity (Wildman–Crippen MR) is 82.1 cm³/mol. The van der Waals surface area contributed by atoms with Gasteiger partial charge in [0.25, 0.3) is 0 Å². The zero-order valence-electron chi connectivity index (χ0n) is 12.8. The Morgan fingerprint density at radius 2 is 1.95 bits per heavy atom. The fraction of sp³-hybridized carbons (Fsp3) is 0.588. The van der Waals surface area contributed by atoms with Crippen molar-refractivity contribution in [2.75, 3.05) is 6.61 Å². The van der Waals surface area contributed by atoms with E-state index in [1.54, 1.807) is 0 Å². The Balaban J connectivity index is 1.76. The summed E-state index contributed by atoms with van der Waals surface area (Å²) in [5, 5.41) is 3.48. The quantitative estimate of drug-likeness (QED) is 0.875. The highest BCUT2D eigenvalue weighted by Crippen LogP contribution is 2.38. The first-order valence-corrected chi connectivity index (χ1v) is 8.05. The van der Waals surface area contributed by atoms with E-state index in [4.69, 9.17) is 4.74 Å². The Labute approximate surface area is 126 Å². The van der Waals surface area contributed by atoms with Crippen LogP contribution in [0.5, 0.6) is 5.75 Å². The first-order valence-electron chi connectivity index (χ1n) is 8.05. The lowest BCUT2D eigenvalue weighted by molar-refractivity contribution is -0.130. The van der Waals surface area contributed by atoms with Crippen LogP contribution in [0.3, 0.4) is 0 Å². The number of carbonyl (C=O) groups excluding carboxylic acids is 1. The molecule has 4 nitrogen and oxygen atoms in total. The zero-order valence-corrected chi connectivity index (χ0v) is 12.8. The van der Waals surface area contributed by atoms with E-state index in [9.17, 15) is 4.79 Å². The number of hydrogen-bond acceptors (Lipinski definition) is 3. The normalized spacial score (nSPS) is 25.4. The molecule has 1 N–H and O–H groups in total. The SMILES string of the molecule is CCCOc1ccc(C2NC(CC)C(=O)N2C2CC2)cc1. The summed E-state index contributed by atoms with van der Waals surface area (Å²) in [7, 11) is 0. The van der Waals surface area contributed by atoms with Gasteiger partial charge in [0.15, 0.2) is 0 Å². The molecular formula is C17H24N2O2. The van der Waals surface area contributed by atoms with Gasteiger partial charge in [0.2, 0.25) is 5.91 Å². The fourth-order valence-electron chi connectivity index (χ4n) is 2.91. The number of amides is 1. The summed E-state index contributed by atoms with van der Waals surface area (Å²) >= 11 is 0. The minimum absolute atomic E-state index is 0.0233. The average Bonchev–Trinajstić information content (AvgIpc) is 3.29. The molecule has 2 fully saturated rings. The molecule has 1 amide bonds. The number of ether oxygens (including phenoxy) is 1. The van der Waals surface area contributed by atoms with Crippen LogP contribution >= 0.6 is 0 Å². The standard InChI is InChI=1S/C17H24N2O2/c1-3-11-21-14-9-5-12(6-10-14)16-18-15(4-2)17(20)19(16)13-7-8-13/h5-6,9-10,13,15-16,18H,3-4,7-8,11H2,1-2H3. The van der Waals surface area contributed by atoms with E-state index in [2.05, 4.69) is 36.2 Å². The molecule has 1 aromatic carbocycles. The lowest BCUT2D eigenvalue weighted by atomic mass is 10.1. The number of benzene rings is 1. The maximum Gasteiger partial charge on any atom is 0.241 e. The molecule has 4 heteroatoms. The van der Waals surface area contributed by atoms with Crippen molar-refractivity contribution in [3.8, 4) is 5.75 Å². The van der Waals surface area contributed by atoms with Crippen LogP contribution in [0.2, 0.25) is 0 Å². The van der Waals surface area contributed by atoms with Gasteiger partial charge in [-0.3, -0.25) is 10.1 Å². The Morgan fingerprint density at radius 3 is 2.52 bits per heavy atom. The highest BCUT2D eigenvalue weighted by molar-refractivity contribution is 5.85. The maximum atomic E-state index is 12.4. The molecule has 1 aliphatic heterocycles. The largest absolute Gasteiger partial charge is 0.494 e. The van der Waals surface area contributed by atoms with Gasteiger partial charge in [-0.15, -0.1) is 0 Å². The molecule has 3 rings (SSSR count). The molecule has 0 spiro atoms. The first kappa shape index (κ1) is 14.4. The van der Waals surface area contributed by atoms with Crippen LogP contribution in [0.25, 0.3) is 0 Å². The Kier molecular flexibility index (Phi) is 4.15. The third kappa shape index (κ3) is 2.91. The van der Waals surface area contributed by atoms with Crippen molar-refractivity contribution in [1.82, 2.24) is 10.2 Å². The first-order chi connectivity index (χ1) is 10.2. The molecule has 1 aliphatic carbocycles. The second-order valence-electron chi connectivity index (χ2n) is 5.92. The van der Waals surface area contributed by atoms with Crippen molar-refractivity contribution >= 4 is 5.91 Å². The molecule has 0 bridgehead atoms. The number of rotatable bonds is 6. The van der Waals surface area contributed by atoms with Crippen LogP contribution in [-0.2, 0) is 4.79 Å². The van der Waals surface area contributed by atoms with Crippen molar-refractivity contribution in [1.29, 1.82) is 0 Å². The van der Waals surface area contributed by atoms with E-state index in [0.717, 1.165) is 43.6 Å². The van der Waals surface area contributed by atoms with E-state index in [0.29, 0.717) is 6.04 Å². The van der Waals surface area contributed by atoms with E-state index in [-0.39, 0.29) is 18.1 Å². The van der Waals surface area contributed by atoms with Gasteiger partial charge in [-0.05, 0) is 43.4 Å². The molecule has 1 saturated heterocycles. The zero-order chi connectivity index (χ0) is 14.8. The number of nitrogens with zero attached hydrogens (tertiary/aromatic N) is 1. The highest BCUT2D eigenvalue weighted by Gasteiger charge is 2.45. The summed E-state index contributed by atoms with van der Waals surface area (Å²) in [6, 6.07) is 8.55. The topological polar surface area (TPSA) is 41.6 Å². The van der Waals surface area contributed by atoms with Gasteiger partial charge in [-0.2, -0.15) is 0 Å². The second kappa shape index (κ2) is 6.06. The van der Waals surface area contributed by atoms with Gasteiger partial charge in [-0.25, -0.2) is 0 Å². The van der Waals surface area contributed by atoms with Gasteiger partial charge >= 0.3 is 0 Å². The van der Waals surface area contributed by atoms with Crippen molar-refractivity contribution < 1.29 is 9.53 Å². The number of hydrogen-bond donors (Lipinski definition) is 1. The summed E-state index contributed by atoms with van der Waals surface area (Å²) in [6.45, 7) is 4.90. The van der Waals surface area contributed by atoms with Crippen molar-refractivity contribution in [2.24, 2.45) is 0 Å². The Morgan fingerprint density at radius 1 is 1.24 bits per heavy atom. The van der Waals surface area contributed by atoms with Crippen LogP contribution < -0.4 is 10.1 Å². The lowest BCUT2D eigenvalue weighted by Crippen LogP contribution is -2.32. The summed E-state index contributed by atoms with van der Waals surface area (Å²) in [5.74, 6) is 1.16. The van der Waals surface area contributed by atoms with Crippen molar-refractivity contribution in [2.45, 2.75) is 57.8 Å². The van der Waals surface area contributed by atoms with Gasteiger partial charge in [0, 0.05) is 6.04 Å². The molecule has 114 valence electrons. The summed E-state index contributed by atoms with van der Waals surface area (Å²) in [4.78, 5) is 14.5. The van der Waals surface area contributed by atoms with E-state index >= 15 is 0 Å². The van der Waals surface area contributed by atoms with E-state index in [1.165, 1.54) is 0 Å². The number of nitrogens with one attached hydrogen (secondary N) is 1. The van der Waals surface area contributed by atoms with Crippen molar-refractivity contribution in [3.05, 3.63) is 29.8 Å². The van der Waals surface area contributed by atoms with Crippen LogP contribution in [0.1, 0.15) is 51.3 Å². The van der Waals surface area contributed by atoms with Gasteiger partial charge in [0.1, 0.15) is 11.9 Å².